The number of nitrogens with one attached hydrogen (secondary N) is 1. The predicted octanol–water partition coefficient (Wildman–Crippen LogP) is 3.46. The second-order valence-electron chi connectivity index (χ2n) is 5.87. The fourth-order valence-corrected chi connectivity index (χ4v) is 2.64. The number of anilines is 1. The van der Waals surface area contributed by atoms with Crippen LogP contribution in [0.25, 0.3) is 0 Å². The number of nitrogens with zero attached hydrogens (tertiary/aromatic N) is 1. The van der Waals surface area contributed by atoms with Gasteiger partial charge < -0.3 is 24.3 Å². The Labute approximate surface area is 176 Å². The smallest absolute Gasteiger partial charge is 0.342 e. The summed E-state index contributed by atoms with van der Waals surface area (Å²) in [6.45, 7) is 1.36. The van der Waals surface area contributed by atoms with Gasteiger partial charge in [-0.25, -0.2) is 4.79 Å². The average Bonchev–Trinajstić information content (AvgIpc) is 2.73. The van der Waals surface area contributed by atoms with E-state index < -0.39 is 22.9 Å². The molecule has 1 N–H and O–H groups in total. The maximum atomic E-state index is 12.6. The number of non-ortho nitro benzene ring substituents is 1. The van der Waals surface area contributed by atoms with Crippen LogP contribution in [0.5, 0.6) is 17.2 Å². The van der Waals surface area contributed by atoms with Crippen LogP contribution in [-0.2, 0) is 9.53 Å². The minimum Gasteiger partial charge on any atom is -0.496 e. The van der Waals surface area contributed by atoms with Gasteiger partial charge in [-0.05, 0) is 13.0 Å². The van der Waals surface area contributed by atoms with Crippen LogP contribution in [0.1, 0.15) is 17.3 Å². The summed E-state index contributed by atoms with van der Waals surface area (Å²) >= 11 is 5.96. The summed E-state index contributed by atoms with van der Waals surface area (Å²) in [7, 11) is 4.21. The second kappa shape index (κ2) is 9.79. The number of methoxy groups -OCH3 is 3. The summed E-state index contributed by atoms with van der Waals surface area (Å²) in [5.41, 5.74) is -0.0555. The van der Waals surface area contributed by atoms with E-state index >= 15 is 0 Å². The summed E-state index contributed by atoms with van der Waals surface area (Å²) in [5, 5.41) is 13.2. The third-order valence-corrected chi connectivity index (χ3v) is 4.31. The van der Waals surface area contributed by atoms with Gasteiger partial charge in [0.05, 0.1) is 37.0 Å². The first-order valence-electron chi connectivity index (χ1n) is 8.47. The Morgan fingerprint density at radius 3 is 2.17 bits per heavy atom. The number of esters is 1. The summed E-state index contributed by atoms with van der Waals surface area (Å²) < 4.78 is 20.7. The van der Waals surface area contributed by atoms with Crippen LogP contribution in [0.3, 0.4) is 0 Å². The number of nitro benzene ring substituents is 1. The minimum atomic E-state index is -1.21. The lowest BCUT2D eigenvalue weighted by Gasteiger charge is -2.17. The maximum absolute atomic E-state index is 12.6. The Morgan fingerprint density at radius 1 is 1.03 bits per heavy atom. The molecule has 30 heavy (non-hydrogen) atoms. The molecule has 1 amide bonds. The zero-order chi connectivity index (χ0) is 22.4. The lowest BCUT2D eigenvalue weighted by atomic mass is 10.1. The third kappa shape index (κ3) is 5.09. The molecule has 0 radical (unpaired) electrons. The SMILES string of the molecule is COc1cc(OC)c(C(=O)O[C@H](C)C(=O)Nc2ccc([N+](=O)[O-])cc2Cl)cc1OC. The fourth-order valence-electron chi connectivity index (χ4n) is 2.42. The van der Waals surface area contributed by atoms with Gasteiger partial charge in [-0.3, -0.25) is 14.9 Å². The van der Waals surface area contributed by atoms with Gasteiger partial charge in [-0.15, -0.1) is 0 Å². The molecule has 0 saturated heterocycles. The number of halogens is 1. The van der Waals surface area contributed by atoms with Crippen molar-refractivity contribution in [2.24, 2.45) is 0 Å². The lowest BCUT2D eigenvalue weighted by molar-refractivity contribution is -0.384. The Bertz CT molecular complexity index is 979. The van der Waals surface area contributed by atoms with Crippen molar-refractivity contribution in [1.29, 1.82) is 0 Å². The number of ether oxygens (including phenoxy) is 4. The van der Waals surface area contributed by atoms with E-state index in [1.54, 1.807) is 0 Å². The molecular weight excluding hydrogens is 420 g/mol. The van der Waals surface area contributed by atoms with Crippen molar-refractivity contribution in [3.05, 3.63) is 51.0 Å². The molecule has 2 aromatic carbocycles. The Morgan fingerprint density at radius 2 is 1.63 bits per heavy atom. The number of carbonyl (C=O) groups excluding carboxylic acids is 2. The van der Waals surface area contributed by atoms with Crippen LogP contribution in [-0.4, -0.2) is 44.2 Å². The Balaban J connectivity index is 2.15. The first-order chi connectivity index (χ1) is 14.2. The number of amides is 1. The number of hydrogen-bond acceptors (Lipinski definition) is 8. The van der Waals surface area contributed by atoms with E-state index in [4.69, 9.17) is 30.5 Å². The fraction of sp³-hybridized carbons (Fsp3) is 0.263. The van der Waals surface area contributed by atoms with Gasteiger partial charge in [-0.1, -0.05) is 11.6 Å². The summed E-state index contributed by atoms with van der Waals surface area (Å²) in [4.78, 5) is 35.1. The highest BCUT2D eigenvalue weighted by molar-refractivity contribution is 6.34. The molecular formula is C19H19ClN2O8. The van der Waals surface area contributed by atoms with Gasteiger partial charge in [0, 0.05) is 24.3 Å². The quantitative estimate of drug-likeness (QED) is 0.377. The van der Waals surface area contributed by atoms with Crippen molar-refractivity contribution in [3.8, 4) is 17.2 Å². The molecule has 10 nitrogen and oxygen atoms in total. The molecule has 0 saturated carbocycles. The van der Waals surface area contributed by atoms with Gasteiger partial charge in [0.2, 0.25) is 0 Å². The molecule has 0 fully saturated rings. The number of hydrogen-bond donors (Lipinski definition) is 1. The summed E-state index contributed by atoms with van der Waals surface area (Å²) in [6, 6.07) is 6.40. The van der Waals surface area contributed by atoms with Crippen molar-refractivity contribution >= 4 is 34.9 Å². The maximum Gasteiger partial charge on any atom is 0.342 e. The largest absolute Gasteiger partial charge is 0.496 e. The molecule has 1 atom stereocenters. The van der Waals surface area contributed by atoms with Gasteiger partial charge >= 0.3 is 5.97 Å². The number of carbonyl (C=O) groups is 2. The van der Waals surface area contributed by atoms with Crippen LogP contribution in [0.4, 0.5) is 11.4 Å². The Hall–Kier alpha value is -3.53. The highest BCUT2D eigenvalue weighted by atomic mass is 35.5. The molecule has 2 aromatic rings. The van der Waals surface area contributed by atoms with Crippen LogP contribution in [0, 0.1) is 10.1 Å². The van der Waals surface area contributed by atoms with Gasteiger partial charge in [0.15, 0.2) is 17.6 Å². The topological polar surface area (TPSA) is 126 Å². The molecule has 0 aromatic heterocycles. The van der Waals surface area contributed by atoms with Crippen LogP contribution >= 0.6 is 11.6 Å². The number of nitro groups is 1. The van der Waals surface area contributed by atoms with Crippen molar-refractivity contribution in [3.63, 3.8) is 0 Å². The van der Waals surface area contributed by atoms with E-state index in [0.29, 0.717) is 5.75 Å². The molecule has 0 aliphatic heterocycles. The number of benzene rings is 2. The first kappa shape index (κ1) is 22.8. The molecule has 0 unspecified atom stereocenters. The van der Waals surface area contributed by atoms with Gasteiger partial charge in [0.25, 0.3) is 11.6 Å². The van der Waals surface area contributed by atoms with Crippen LogP contribution < -0.4 is 19.5 Å². The Kier molecular flexibility index (Phi) is 7.43. The van der Waals surface area contributed by atoms with Crippen LogP contribution in [0.2, 0.25) is 5.02 Å². The van der Waals surface area contributed by atoms with E-state index in [1.165, 1.54) is 52.5 Å². The van der Waals surface area contributed by atoms with Crippen molar-refractivity contribution in [1.82, 2.24) is 0 Å². The van der Waals surface area contributed by atoms with Crippen molar-refractivity contribution < 1.29 is 33.5 Å². The van der Waals surface area contributed by atoms with E-state index in [0.717, 1.165) is 6.07 Å². The van der Waals surface area contributed by atoms with E-state index in [9.17, 15) is 19.7 Å². The monoisotopic (exact) mass is 438 g/mol. The summed E-state index contributed by atoms with van der Waals surface area (Å²) in [5.74, 6) is -0.711. The summed E-state index contributed by atoms with van der Waals surface area (Å²) in [6.07, 6.45) is -1.21. The highest BCUT2D eigenvalue weighted by Gasteiger charge is 2.24. The lowest BCUT2D eigenvalue weighted by Crippen LogP contribution is -2.30. The molecule has 0 aliphatic carbocycles. The first-order valence-corrected chi connectivity index (χ1v) is 8.85. The zero-order valence-corrected chi connectivity index (χ0v) is 17.3. The van der Waals surface area contributed by atoms with E-state index in [1.807, 2.05) is 0 Å². The van der Waals surface area contributed by atoms with Crippen molar-refractivity contribution in [2.75, 3.05) is 26.6 Å². The molecule has 11 heteroatoms. The van der Waals surface area contributed by atoms with Gasteiger partial charge in [-0.2, -0.15) is 0 Å². The molecule has 0 aliphatic rings. The highest BCUT2D eigenvalue weighted by Crippen LogP contribution is 2.35. The van der Waals surface area contributed by atoms with Gasteiger partial charge in [0.1, 0.15) is 11.3 Å². The average molecular weight is 439 g/mol. The van der Waals surface area contributed by atoms with Crippen molar-refractivity contribution in [2.45, 2.75) is 13.0 Å². The normalized spacial score (nSPS) is 11.2. The number of rotatable bonds is 8. The van der Waals surface area contributed by atoms with E-state index in [2.05, 4.69) is 5.32 Å². The molecule has 0 bridgehead atoms. The molecule has 2 rings (SSSR count). The minimum absolute atomic E-state index is 0.0300. The zero-order valence-electron chi connectivity index (χ0n) is 16.6. The third-order valence-electron chi connectivity index (χ3n) is 4.00. The predicted molar refractivity (Wildman–Crippen MR) is 108 cm³/mol. The standard InChI is InChI=1S/C19H19ClN2O8/c1-10(18(23)21-14-6-5-11(22(25)26)7-13(14)20)30-19(24)12-8-16(28-3)17(29-4)9-15(12)27-2/h5-10H,1-4H3,(H,21,23)/t10-/m1/s1. The molecule has 0 spiro atoms. The van der Waals surface area contributed by atoms with Crippen LogP contribution in [0.15, 0.2) is 30.3 Å². The molecule has 0 heterocycles. The molecule has 160 valence electrons. The second-order valence-corrected chi connectivity index (χ2v) is 6.27. The van der Waals surface area contributed by atoms with E-state index in [-0.39, 0.29) is 33.5 Å².